The van der Waals surface area contributed by atoms with Crippen molar-refractivity contribution >= 4 is 12.0 Å². The van der Waals surface area contributed by atoms with Crippen LogP contribution in [-0.4, -0.2) is 41.1 Å². The molecule has 19 heavy (non-hydrogen) atoms. The topological polar surface area (TPSA) is 69.6 Å². The van der Waals surface area contributed by atoms with Gasteiger partial charge in [0, 0.05) is 25.0 Å². The number of aliphatic carboxylic acids is 1. The summed E-state index contributed by atoms with van der Waals surface area (Å²) in [6, 6.07) is 0.252. The van der Waals surface area contributed by atoms with E-state index < -0.39 is 5.97 Å². The summed E-state index contributed by atoms with van der Waals surface area (Å²) in [6.07, 6.45) is 3.65. The van der Waals surface area contributed by atoms with Gasteiger partial charge in [0.15, 0.2) is 0 Å². The Labute approximate surface area is 114 Å². The standard InChI is InChI=1S/C14H24N2O3/c1-9-4-3-5-12(10(9)2)15-14(19)16-7-11(8-16)6-13(17)18/h9-12H,3-8H2,1-2H3,(H,15,19)(H,17,18). The van der Waals surface area contributed by atoms with Gasteiger partial charge in [0.05, 0.1) is 6.42 Å². The maximum atomic E-state index is 12.0. The molecule has 0 aromatic heterocycles. The first kappa shape index (κ1) is 14.2. The zero-order valence-corrected chi connectivity index (χ0v) is 11.8. The lowest BCUT2D eigenvalue weighted by molar-refractivity contribution is -0.139. The van der Waals surface area contributed by atoms with Gasteiger partial charge in [-0.05, 0) is 18.3 Å². The quantitative estimate of drug-likeness (QED) is 0.821. The third kappa shape index (κ3) is 3.39. The summed E-state index contributed by atoms with van der Waals surface area (Å²) in [7, 11) is 0. The first-order valence-electron chi connectivity index (χ1n) is 7.24. The summed E-state index contributed by atoms with van der Waals surface area (Å²) in [5.74, 6) is 0.537. The fraction of sp³-hybridized carbons (Fsp3) is 0.857. The van der Waals surface area contributed by atoms with Gasteiger partial charge in [-0.25, -0.2) is 4.79 Å². The number of hydrogen-bond acceptors (Lipinski definition) is 2. The molecular weight excluding hydrogens is 244 g/mol. The summed E-state index contributed by atoms with van der Waals surface area (Å²) in [5.41, 5.74) is 0. The number of carbonyl (C=O) groups excluding carboxylic acids is 1. The number of carboxylic acid groups (broad SMARTS) is 1. The highest BCUT2D eigenvalue weighted by Gasteiger charge is 2.34. The second-order valence-electron chi connectivity index (χ2n) is 6.19. The van der Waals surface area contributed by atoms with E-state index in [1.54, 1.807) is 4.90 Å². The molecule has 0 aromatic carbocycles. The Morgan fingerprint density at radius 1 is 1.26 bits per heavy atom. The minimum absolute atomic E-state index is 0.0208. The van der Waals surface area contributed by atoms with E-state index >= 15 is 0 Å². The predicted octanol–water partition coefficient (Wildman–Crippen LogP) is 1.93. The molecule has 5 heteroatoms. The second-order valence-corrected chi connectivity index (χ2v) is 6.19. The van der Waals surface area contributed by atoms with Gasteiger partial charge in [-0.3, -0.25) is 4.79 Å². The Morgan fingerprint density at radius 2 is 1.95 bits per heavy atom. The van der Waals surface area contributed by atoms with Crippen LogP contribution in [0.2, 0.25) is 0 Å². The molecule has 1 saturated carbocycles. The Balaban J connectivity index is 1.75. The van der Waals surface area contributed by atoms with Crippen LogP contribution in [0.15, 0.2) is 0 Å². The first-order valence-corrected chi connectivity index (χ1v) is 7.24. The van der Waals surface area contributed by atoms with Crippen LogP contribution in [0.1, 0.15) is 39.5 Å². The number of amides is 2. The van der Waals surface area contributed by atoms with Crippen molar-refractivity contribution in [2.45, 2.75) is 45.6 Å². The van der Waals surface area contributed by atoms with Gasteiger partial charge in [0.25, 0.3) is 0 Å². The molecule has 3 atom stereocenters. The molecule has 1 saturated heterocycles. The van der Waals surface area contributed by atoms with E-state index in [-0.39, 0.29) is 24.4 Å². The van der Waals surface area contributed by atoms with E-state index in [4.69, 9.17) is 5.11 Å². The monoisotopic (exact) mass is 268 g/mol. The molecule has 2 rings (SSSR count). The molecule has 0 spiro atoms. The lowest BCUT2D eigenvalue weighted by atomic mass is 9.78. The Morgan fingerprint density at radius 3 is 2.58 bits per heavy atom. The van der Waals surface area contributed by atoms with Crippen LogP contribution in [0.4, 0.5) is 4.79 Å². The third-order valence-corrected chi connectivity index (χ3v) is 4.72. The molecule has 2 N–H and O–H groups in total. The molecule has 2 fully saturated rings. The van der Waals surface area contributed by atoms with Gasteiger partial charge < -0.3 is 15.3 Å². The molecule has 0 bridgehead atoms. The number of carboxylic acids is 1. The van der Waals surface area contributed by atoms with Crippen LogP contribution in [0.3, 0.4) is 0 Å². The van der Waals surface area contributed by atoms with Crippen molar-refractivity contribution in [3.05, 3.63) is 0 Å². The lowest BCUT2D eigenvalue weighted by Crippen LogP contribution is -2.57. The van der Waals surface area contributed by atoms with Crippen molar-refractivity contribution in [1.29, 1.82) is 0 Å². The summed E-state index contributed by atoms with van der Waals surface area (Å²) >= 11 is 0. The highest BCUT2D eigenvalue weighted by atomic mass is 16.4. The highest BCUT2D eigenvalue weighted by molar-refractivity contribution is 5.76. The van der Waals surface area contributed by atoms with Crippen LogP contribution < -0.4 is 5.32 Å². The number of likely N-dealkylation sites (tertiary alicyclic amines) is 1. The molecule has 108 valence electrons. The fourth-order valence-electron chi connectivity index (χ4n) is 3.15. The van der Waals surface area contributed by atoms with E-state index in [9.17, 15) is 9.59 Å². The molecule has 0 aromatic rings. The van der Waals surface area contributed by atoms with E-state index in [0.29, 0.717) is 24.9 Å². The highest BCUT2D eigenvalue weighted by Crippen LogP contribution is 2.30. The van der Waals surface area contributed by atoms with Gasteiger partial charge in [0.2, 0.25) is 0 Å². The SMILES string of the molecule is CC1CCCC(NC(=O)N2CC(CC(=O)O)C2)C1C. The normalized spacial score (nSPS) is 31.7. The van der Waals surface area contributed by atoms with Gasteiger partial charge in [-0.1, -0.05) is 26.7 Å². The molecule has 1 aliphatic carbocycles. The lowest BCUT2D eigenvalue weighted by Gasteiger charge is -2.41. The van der Waals surface area contributed by atoms with E-state index in [2.05, 4.69) is 19.2 Å². The van der Waals surface area contributed by atoms with Crippen molar-refractivity contribution < 1.29 is 14.7 Å². The number of hydrogen-bond donors (Lipinski definition) is 2. The zero-order chi connectivity index (χ0) is 14.0. The maximum absolute atomic E-state index is 12.0. The zero-order valence-electron chi connectivity index (χ0n) is 11.8. The molecule has 3 unspecified atom stereocenters. The minimum atomic E-state index is -0.778. The molecule has 0 radical (unpaired) electrons. The van der Waals surface area contributed by atoms with Gasteiger partial charge in [-0.2, -0.15) is 0 Å². The van der Waals surface area contributed by atoms with Crippen molar-refractivity contribution in [3.8, 4) is 0 Å². The van der Waals surface area contributed by atoms with E-state index in [0.717, 1.165) is 6.42 Å². The number of urea groups is 1. The van der Waals surface area contributed by atoms with Crippen molar-refractivity contribution in [1.82, 2.24) is 10.2 Å². The third-order valence-electron chi connectivity index (χ3n) is 4.72. The predicted molar refractivity (Wildman–Crippen MR) is 71.8 cm³/mol. The number of rotatable bonds is 3. The van der Waals surface area contributed by atoms with Gasteiger partial charge in [-0.15, -0.1) is 0 Å². The Bertz CT molecular complexity index is 353. The molecular formula is C14H24N2O3. The largest absolute Gasteiger partial charge is 0.481 e. The Hall–Kier alpha value is -1.26. The van der Waals surface area contributed by atoms with E-state index in [1.165, 1.54) is 12.8 Å². The van der Waals surface area contributed by atoms with Gasteiger partial charge in [0.1, 0.15) is 0 Å². The second kappa shape index (κ2) is 5.80. The average molecular weight is 268 g/mol. The summed E-state index contributed by atoms with van der Waals surface area (Å²) < 4.78 is 0. The van der Waals surface area contributed by atoms with Crippen LogP contribution >= 0.6 is 0 Å². The maximum Gasteiger partial charge on any atom is 0.317 e. The molecule has 2 aliphatic rings. The van der Waals surface area contributed by atoms with Crippen LogP contribution in [0.25, 0.3) is 0 Å². The van der Waals surface area contributed by atoms with Crippen LogP contribution in [0.5, 0.6) is 0 Å². The number of nitrogens with one attached hydrogen (secondary N) is 1. The minimum Gasteiger partial charge on any atom is -0.481 e. The van der Waals surface area contributed by atoms with Crippen molar-refractivity contribution in [2.75, 3.05) is 13.1 Å². The van der Waals surface area contributed by atoms with E-state index in [1.807, 2.05) is 0 Å². The summed E-state index contributed by atoms with van der Waals surface area (Å²) in [4.78, 5) is 24.3. The number of nitrogens with zero attached hydrogens (tertiary/aromatic N) is 1. The smallest absolute Gasteiger partial charge is 0.317 e. The van der Waals surface area contributed by atoms with Crippen LogP contribution in [0, 0.1) is 17.8 Å². The summed E-state index contributed by atoms with van der Waals surface area (Å²) in [5, 5.41) is 11.8. The first-order chi connectivity index (χ1) is 8.97. The Kier molecular flexibility index (Phi) is 4.32. The molecule has 2 amide bonds. The number of carbonyl (C=O) groups is 2. The van der Waals surface area contributed by atoms with Gasteiger partial charge >= 0.3 is 12.0 Å². The van der Waals surface area contributed by atoms with Crippen LogP contribution in [-0.2, 0) is 4.79 Å². The fourth-order valence-corrected chi connectivity index (χ4v) is 3.15. The molecule has 5 nitrogen and oxygen atoms in total. The average Bonchev–Trinajstić information content (AvgIpc) is 2.28. The molecule has 1 heterocycles. The van der Waals surface area contributed by atoms with Crippen molar-refractivity contribution in [3.63, 3.8) is 0 Å². The van der Waals surface area contributed by atoms with Crippen molar-refractivity contribution in [2.24, 2.45) is 17.8 Å². The molecule has 1 aliphatic heterocycles. The summed E-state index contributed by atoms with van der Waals surface area (Å²) in [6.45, 7) is 5.61.